The van der Waals surface area contributed by atoms with Crippen molar-refractivity contribution in [2.24, 2.45) is 0 Å². The van der Waals surface area contributed by atoms with Crippen LogP contribution in [-0.2, 0) is 21.4 Å². The molecule has 0 unspecified atom stereocenters. The summed E-state index contributed by atoms with van der Waals surface area (Å²) < 4.78 is 27.1. The van der Waals surface area contributed by atoms with Gasteiger partial charge in [0.2, 0.25) is 10.0 Å². The van der Waals surface area contributed by atoms with Gasteiger partial charge in [-0.25, -0.2) is 13.9 Å². The largest absolute Gasteiger partial charge is 0.296 e. The third-order valence-corrected chi connectivity index (χ3v) is 6.83. The molecule has 2 aromatic rings. The molecule has 0 radical (unpaired) electrons. The number of sulfonamides is 1. The van der Waals surface area contributed by atoms with Crippen LogP contribution in [0.4, 0.5) is 0 Å². The van der Waals surface area contributed by atoms with Crippen molar-refractivity contribution in [3.8, 4) is 0 Å². The SMILES string of the molecule is Cc1ccc(S(=O)(=O)N2CCN(Cc3ccc(C=CC(=O)NO)cc3)CC2)cc1. The summed E-state index contributed by atoms with van der Waals surface area (Å²) in [5, 5.41) is 8.49. The molecular formula is C21H25N3O4S. The van der Waals surface area contributed by atoms with Crippen LogP contribution in [0.3, 0.4) is 0 Å². The zero-order valence-corrected chi connectivity index (χ0v) is 17.1. The Balaban J connectivity index is 1.55. The molecule has 0 aromatic heterocycles. The number of hydroxylamine groups is 1. The van der Waals surface area contributed by atoms with Gasteiger partial charge in [0.15, 0.2) is 0 Å². The lowest BCUT2D eigenvalue weighted by Crippen LogP contribution is -2.48. The molecule has 7 nitrogen and oxygen atoms in total. The summed E-state index contributed by atoms with van der Waals surface area (Å²) in [6, 6.07) is 14.7. The number of hydrogen-bond donors (Lipinski definition) is 2. The fourth-order valence-corrected chi connectivity index (χ4v) is 4.61. The first-order chi connectivity index (χ1) is 13.9. The van der Waals surface area contributed by atoms with Crippen LogP contribution in [-0.4, -0.2) is 54.9 Å². The lowest BCUT2D eigenvalue weighted by atomic mass is 10.1. The molecule has 1 heterocycles. The molecule has 0 atom stereocenters. The van der Waals surface area contributed by atoms with E-state index in [9.17, 15) is 13.2 Å². The van der Waals surface area contributed by atoms with Gasteiger partial charge in [0.05, 0.1) is 4.90 Å². The maximum atomic E-state index is 12.8. The second-order valence-corrected chi connectivity index (χ2v) is 8.98. The number of rotatable bonds is 6. The summed E-state index contributed by atoms with van der Waals surface area (Å²) in [5.74, 6) is -0.576. The molecule has 1 saturated heterocycles. The van der Waals surface area contributed by atoms with Gasteiger partial charge in [0.1, 0.15) is 0 Å². The first-order valence-corrected chi connectivity index (χ1v) is 10.8. The molecule has 1 fully saturated rings. The highest BCUT2D eigenvalue weighted by Crippen LogP contribution is 2.19. The van der Waals surface area contributed by atoms with E-state index in [2.05, 4.69) is 4.90 Å². The number of benzene rings is 2. The number of hydrogen-bond acceptors (Lipinski definition) is 5. The van der Waals surface area contributed by atoms with Crippen molar-refractivity contribution in [2.45, 2.75) is 18.4 Å². The maximum Gasteiger partial charge on any atom is 0.267 e. The molecule has 1 aliphatic heterocycles. The van der Waals surface area contributed by atoms with E-state index < -0.39 is 15.9 Å². The quantitative estimate of drug-likeness (QED) is 0.428. The number of piperazine rings is 1. The Morgan fingerprint density at radius 3 is 2.24 bits per heavy atom. The Labute approximate surface area is 171 Å². The molecular weight excluding hydrogens is 390 g/mol. The third-order valence-electron chi connectivity index (χ3n) is 4.91. The minimum absolute atomic E-state index is 0.343. The van der Waals surface area contributed by atoms with Crippen molar-refractivity contribution in [3.63, 3.8) is 0 Å². The molecule has 1 amide bonds. The molecule has 0 aliphatic carbocycles. The molecule has 0 saturated carbocycles. The maximum absolute atomic E-state index is 12.8. The molecule has 8 heteroatoms. The van der Waals surface area contributed by atoms with Crippen LogP contribution in [0.5, 0.6) is 0 Å². The van der Waals surface area contributed by atoms with E-state index in [0.717, 1.165) is 23.2 Å². The summed E-state index contributed by atoms with van der Waals surface area (Å²) in [4.78, 5) is 13.6. The fraction of sp³-hybridized carbons (Fsp3) is 0.286. The van der Waals surface area contributed by atoms with Crippen molar-refractivity contribution >= 4 is 22.0 Å². The van der Waals surface area contributed by atoms with Crippen LogP contribution in [0.15, 0.2) is 59.5 Å². The summed E-state index contributed by atoms with van der Waals surface area (Å²) in [6.07, 6.45) is 2.87. The van der Waals surface area contributed by atoms with Gasteiger partial charge < -0.3 is 0 Å². The molecule has 0 spiro atoms. The minimum atomic E-state index is -3.45. The molecule has 2 aromatic carbocycles. The molecule has 154 valence electrons. The minimum Gasteiger partial charge on any atom is -0.296 e. The highest BCUT2D eigenvalue weighted by Gasteiger charge is 2.28. The lowest BCUT2D eigenvalue weighted by Gasteiger charge is -2.34. The van der Waals surface area contributed by atoms with Crippen molar-refractivity contribution < 1.29 is 18.4 Å². The molecule has 0 bridgehead atoms. The van der Waals surface area contributed by atoms with Crippen LogP contribution in [0.25, 0.3) is 6.08 Å². The Kier molecular flexibility index (Phi) is 6.81. The Hall–Kier alpha value is -2.52. The first-order valence-electron chi connectivity index (χ1n) is 9.39. The summed E-state index contributed by atoms with van der Waals surface area (Å²) in [7, 11) is -3.45. The molecule has 1 aliphatic rings. The molecule has 29 heavy (non-hydrogen) atoms. The van der Waals surface area contributed by atoms with Crippen molar-refractivity contribution in [2.75, 3.05) is 26.2 Å². The van der Waals surface area contributed by atoms with Crippen LogP contribution in [0.2, 0.25) is 0 Å². The number of nitrogens with one attached hydrogen (secondary N) is 1. The highest BCUT2D eigenvalue weighted by molar-refractivity contribution is 7.89. The predicted molar refractivity (Wildman–Crippen MR) is 111 cm³/mol. The Morgan fingerprint density at radius 1 is 1.03 bits per heavy atom. The number of aryl methyl sites for hydroxylation is 1. The standard InChI is InChI=1S/C21H25N3O4S/c1-17-2-9-20(10-3-17)29(27,28)24-14-12-23(13-15-24)16-19-6-4-18(5-7-19)8-11-21(25)22-26/h2-11,26H,12-16H2,1H3,(H,22,25). The number of nitrogens with zero attached hydrogens (tertiary/aromatic N) is 2. The second kappa shape index (κ2) is 9.32. The summed E-state index contributed by atoms with van der Waals surface area (Å²) in [6.45, 7) is 4.94. The van der Waals surface area contributed by atoms with Crippen molar-refractivity contribution in [3.05, 3.63) is 71.3 Å². The topological polar surface area (TPSA) is 90.0 Å². The third kappa shape index (κ3) is 5.51. The second-order valence-electron chi connectivity index (χ2n) is 7.04. The van der Waals surface area contributed by atoms with Gasteiger partial charge in [0.25, 0.3) is 5.91 Å². The van der Waals surface area contributed by atoms with E-state index in [4.69, 9.17) is 5.21 Å². The summed E-state index contributed by atoms with van der Waals surface area (Å²) in [5.41, 5.74) is 4.55. The van der Waals surface area contributed by atoms with Crippen LogP contribution in [0.1, 0.15) is 16.7 Å². The van der Waals surface area contributed by atoms with Crippen LogP contribution in [0, 0.1) is 6.92 Å². The van der Waals surface area contributed by atoms with E-state index in [1.165, 1.54) is 6.08 Å². The Morgan fingerprint density at radius 2 is 1.66 bits per heavy atom. The van der Waals surface area contributed by atoms with Gasteiger partial charge in [0, 0.05) is 38.8 Å². The zero-order valence-electron chi connectivity index (χ0n) is 16.3. The van der Waals surface area contributed by atoms with Crippen LogP contribution >= 0.6 is 0 Å². The lowest BCUT2D eigenvalue weighted by molar-refractivity contribution is -0.124. The van der Waals surface area contributed by atoms with E-state index in [0.29, 0.717) is 31.1 Å². The monoisotopic (exact) mass is 415 g/mol. The van der Waals surface area contributed by atoms with E-state index >= 15 is 0 Å². The zero-order chi connectivity index (χ0) is 20.9. The smallest absolute Gasteiger partial charge is 0.267 e. The van der Waals surface area contributed by atoms with E-state index in [1.807, 2.05) is 43.3 Å². The van der Waals surface area contributed by atoms with Gasteiger partial charge in [-0.2, -0.15) is 4.31 Å². The van der Waals surface area contributed by atoms with Crippen LogP contribution < -0.4 is 5.48 Å². The number of amides is 1. The van der Waals surface area contributed by atoms with Gasteiger partial charge in [-0.3, -0.25) is 14.9 Å². The predicted octanol–water partition coefficient (Wildman–Crippen LogP) is 2.02. The summed E-state index contributed by atoms with van der Waals surface area (Å²) >= 11 is 0. The average Bonchev–Trinajstić information content (AvgIpc) is 2.73. The van der Waals surface area contributed by atoms with Gasteiger partial charge in [-0.05, 0) is 36.3 Å². The van der Waals surface area contributed by atoms with Gasteiger partial charge >= 0.3 is 0 Å². The van der Waals surface area contributed by atoms with E-state index in [-0.39, 0.29) is 0 Å². The van der Waals surface area contributed by atoms with E-state index in [1.54, 1.807) is 28.0 Å². The van der Waals surface area contributed by atoms with Gasteiger partial charge in [-0.1, -0.05) is 42.0 Å². The molecule has 2 N–H and O–H groups in total. The van der Waals surface area contributed by atoms with Crippen molar-refractivity contribution in [1.82, 2.24) is 14.7 Å². The number of carbonyl (C=O) groups is 1. The fourth-order valence-electron chi connectivity index (χ4n) is 3.19. The highest BCUT2D eigenvalue weighted by atomic mass is 32.2. The number of carbonyl (C=O) groups excluding carboxylic acids is 1. The van der Waals surface area contributed by atoms with Gasteiger partial charge in [-0.15, -0.1) is 0 Å². The van der Waals surface area contributed by atoms with Crippen molar-refractivity contribution in [1.29, 1.82) is 0 Å². The molecule has 3 rings (SSSR count). The Bertz CT molecular complexity index is 962. The normalized spacial score (nSPS) is 16.2. The first kappa shape index (κ1) is 21.2. The average molecular weight is 416 g/mol.